The van der Waals surface area contributed by atoms with Crippen LogP contribution in [0.3, 0.4) is 0 Å². The summed E-state index contributed by atoms with van der Waals surface area (Å²) in [5.74, 6) is -1.98. The highest BCUT2D eigenvalue weighted by molar-refractivity contribution is 7.90. The number of hydrogen-bond donors (Lipinski definition) is 2. The Hall–Kier alpha value is -1.40. The zero-order chi connectivity index (χ0) is 16.3. The molecule has 0 saturated heterocycles. The SMILES string of the molecule is CCCCC(C(=O)O)C(C)(O)c1ccc(S(C)(=O)=O)cc1. The molecule has 5 nitrogen and oxygen atoms in total. The highest BCUT2D eigenvalue weighted by atomic mass is 32.2. The van der Waals surface area contributed by atoms with E-state index in [-0.39, 0.29) is 4.90 Å². The number of carboxylic acid groups (broad SMARTS) is 1. The Bertz CT molecular complexity index is 587. The predicted molar refractivity (Wildman–Crippen MR) is 79.8 cm³/mol. The molecule has 2 N–H and O–H groups in total. The molecule has 6 heteroatoms. The van der Waals surface area contributed by atoms with Crippen LogP contribution in [0.25, 0.3) is 0 Å². The van der Waals surface area contributed by atoms with Crippen LogP contribution in [-0.2, 0) is 20.2 Å². The molecule has 0 radical (unpaired) electrons. The smallest absolute Gasteiger partial charge is 0.309 e. The van der Waals surface area contributed by atoms with Crippen molar-refractivity contribution in [3.63, 3.8) is 0 Å². The number of benzene rings is 1. The molecule has 0 saturated carbocycles. The first-order valence-corrected chi connectivity index (χ1v) is 8.75. The van der Waals surface area contributed by atoms with Crippen LogP contribution in [-0.4, -0.2) is 30.9 Å². The summed E-state index contributed by atoms with van der Waals surface area (Å²) in [5.41, 5.74) is -1.14. The summed E-state index contributed by atoms with van der Waals surface area (Å²) in [4.78, 5) is 11.5. The van der Waals surface area contributed by atoms with E-state index in [0.717, 1.165) is 12.7 Å². The van der Waals surface area contributed by atoms with Crippen LogP contribution in [0.5, 0.6) is 0 Å². The number of sulfone groups is 1. The largest absolute Gasteiger partial charge is 0.481 e. The van der Waals surface area contributed by atoms with Crippen LogP contribution in [0.2, 0.25) is 0 Å². The standard InChI is InChI=1S/C15H22O5S/c1-4-5-6-13(14(16)17)15(2,18)11-7-9-12(10-8-11)21(3,19)20/h7-10,13,18H,4-6H2,1-3H3,(H,16,17). The predicted octanol–water partition coefficient (Wildman–Crippen LogP) is 2.19. The molecule has 1 aromatic rings. The second-order valence-corrected chi connectivity index (χ2v) is 7.49. The summed E-state index contributed by atoms with van der Waals surface area (Å²) in [6, 6.07) is 5.71. The van der Waals surface area contributed by atoms with E-state index in [1.54, 1.807) is 0 Å². The minimum Gasteiger partial charge on any atom is -0.481 e. The van der Waals surface area contributed by atoms with Gasteiger partial charge in [-0.05, 0) is 31.0 Å². The molecular weight excluding hydrogens is 292 g/mol. The quantitative estimate of drug-likeness (QED) is 0.805. The molecule has 0 bridgehead atoms. The van der Waals surface area contributed by atoms with Crippen molar-refractivity contribution in [3.8, 4) is 0 Å². The number of aliphatic carboxylic acids is 1. The minimum absolute atomic E-state index is 0.141. The van der Waals surface area contributed by atoms with Crippen LogP contribution >= 0.6 is 0 Å². The summed E-state index contributed by atoms with van der Waals surface area (Å²) in [6.45, 7) is 3.41. The van der Waals surface area contributed by atoms with E-state index in [4.69, 9.17) is 0 Å². The van der Waals surface area contributed by atoms with E-state index in [2.05, 4.69) is 0 Å². The lowest BCUT2D eigenvalue weighted by Gasteiger charge is -2.30. The lowest BCUT2D eigenvalue weighted by molar-refractivity contribution is -0.152. The van der Waals surface area contributed by atoms with E-state index in [9.17, 15) is 23.4 Å². The molecule has 1 aromatic carbocycles. The van der Waals surface area contributed by atoms with Gasteiger partial charge in [0.25, 0.3) is 0 Å². The van der Waals surface area contributed by atoms with Gasteiger partial charge in [-0.25, -0.2) is 8.42 Å². The van der Waals surface area contributed by atoms with E-state index < -0.39 is 27.3 Å². The van der Waals surface area contributed by atoms with Crippen LogP contribution < -0.4 is 0 Å². The van der Waals surface area contributed by atoms with Gasteiger partial charge in [0.2, 0.25) is 0 Å². The van der Waals surface area contributed by atoms with Crippen molar-refractivity contribution < 1.29 is 23.4 Å². The van der Waals surface area contributed by atoms with E-state index in [0.29, 0.717) is 18.4 Å². The summed E-state index contributed by atoms with van der Waals surface area (Å²) in [6.07, 6.45) is 3.01. The molecule has 2 unspecified atom stereocenters. The first-order valence-electron chi connectivity index (χ1n) is 6.86. The molecule has 0 aliphatic heterocycles. The Morgan fingerprint density at radius 3 is 2.19 bits per heavy atom. The fourth-order valence-corrected chi connectivity index (χ4v) is 2.92. The Balaban J connectivity index is 3.12. The minimum atomic E-state index is -3.31. The molecule has 0 aliphatic rings. The van der Waals surface area contributed by atoms with Crippen molar-refractivity contribution >= 4 is 15.8 Å². The third-order valence-electron chi connectivity index (χ3n) is 3.69. The van der Waals surface area contributed by atoms with Gasteiger partial charge in [0, 0.05) is 6.26 Å². The first kappa shape index (κ1) is 17.7. The maximum atomic E-state index is 11.4. The summed E-state index contributed by atoms with van der Waals surface area (Å²) in [7, 11) is -3.31. The lowest BCUT2D eigenvalue weighted by atomic mass is 9.80. The molecule has 21 heavy (non-hydrogen) atoms. The van der Waals surface area contributed by atoms with Crippen LogP contribution in [0, 0.1) is 5.92 Å². The van der Waals surface area contributed by atoms with Crippen LogP contribution in [0.1, 0.15) is 38.7 Å². The number of unbranched alkanes of at least 4 members (excludes halogenated alkanes) is 1. The molecule has 0 heterocycles. The normalized spacial score (nSPS) is 16.2. The lowest BCUT2D eigenvalue weighted by Crippen LogP contribution is -2.37. The summed E-state index contributed by atoms with van der Waals surface area (Å²) < 4.78 is 22.8. The summed E-state index contributed by atoms with van der Waals surface area (Å²) in [5, 5.41) is 19.9. The third kappa shape index (κ3) is 4.28. The molecule has 0 aromatic heterocycles. The van der Waals surface area contributed by atoms with Gasteiger partial charge in [-0.2, -0.15) is 0 Å². The monoisotopic (exact) mass is 314 g/mol. The Labute approximate surface area is 125 Å². The molecule has 0 amide bonds. The van der Waals surface area contributed by atoms with Gasteiger partial charge in [-0.15, -0.1) is 0 Å². The van der Waals surface area contributed by atoms with Crippen molar-refractivity contribution in [1.29, 1.82) is 0 Å². The molecule has 2 atom stereocenters. The molecular formula is C15H22O5S. The molecule has 118 valence electrons. The van der Waals surface area contributed by atoms with Crippen molar-refractivity contribution in [3.05, 3.63) is 29.8 Å². The second-order valence-electron chi connectivity index (χ2n) is 5.48. The van der Waals surface area contributed by atoms with Gasteiger partial charge in [0.05, 0.1) is 10.8 Å². The fourth-order valence-electron chi connectivity index (χ4n) is 2.29. The van der Waals surface area contributed by atoms with Crippen LogP contribution in [0.4, 0.5) is 0 Å². The number of aliphatic hydroxyl groups is 1. The van der Waals surface area contributed by atoms with Crippen molar-refractivity contribution in [2.75, 3.05) is 6.26 Å². The average Bonchev–Trinajstić information content (AvgIpc) is 2.37. The Kier molecular flexibility index (Phi) is 5.53. The molecule has 0 fully saturated rings. The zero-order valence-corrected chi connectivity index (χ0v) is 13.4. The number of rotatable bonds is 7. The topological polar surface area (TPSA) is 91.7 Å². The van der Waals surface area contributed by atoms with Gasteiger partial charge < -0.3 is 10.2 Å². The number of carboxylic acids is 1. The Morgan fingerprint density at radius 1 is 1.29 bits per heavy atom. The molecule has 0 spiro atoms. The Morgan fingerprint density at radius 2 is 1.81 bits per heavy atom. The average molecular weight is 314 g/mol. The van der Waals surface area contributed by atoms with Gasteiger partial charge >= 0.3 is 5.97 Å². The molecule has 0 aliphatic carbocycles. The first-order chi connectivity index (χ1) is 9.60. The van der Waals surface area contributed by atoms with Gasteiger partial charge in [0.15, 0.2) is 9.84 Å². The number of carbonyl (C=O) groups is 1. The second kappa shape index (κ2) is 6.58. The number of hydrogen-bond acceptors (Lipinski definition) is 4. The summed E-state index contributed by atoms with van der Waals surface area (Å²) >= 11 is 0. The van der Waals surface area contributed by atoms with Gasteiger partial charge in [-0.1, -0.05) is 31.9 Å². The van der Waals surface area contributed by atoms with E-state index >= 15 is 0 Å². The van der Waals surface area contributed by atoms with Crippen molar-refractivity contribution in [2.24, 2.45) is 5.92 Å². The highest BCUT2D eigenvalue weighted by Crippen LogP contribution is 2.33. The maximum Gasteiger partial charge on any atom is 0.309 e. The highest BCUT2D eigenvalue weighted by Gasteiger charge is 2.38. The van der Waals surface area contributed by atoms with Crippen molar-refractivity contribution in [2.45, 2.75) is 43.6 Å². The van der Waals surface area contributed by atoms with E-state index in [1.807, 2.05) is 6.92 Å². The van der Waals surface area contributed by atoms with Gasteiger partial charge in [0.1, 0.15) is 5.60 Å². The zero-order valence-electron chi connectivity index (χ0n) is 12.5. The van der Waals surface area contributed by atoms with E-state index in [1.165, 1.54) is 31.2 Å². The fraction of sp³-hybridized carbons (Fsp3) is 0.533. The van der Waals surface area contributed by atoms with Crippen LogP contribution in [0.15, 0.2) is 29.2 Å². The third-order valence-corrected chi connectivity index (χ3v) is 4.82. The van der Waals surface area contributed by atoms with Crippen molar-refractivity contribution in [1.82, 2.24) is 0 Å². The van der Waals surface area contributed by atoms with Gasteiger partial charge in [-0.3, -0.25) is 4.79 Å². The maximum absolute atomic E-state index is 11.4. The molecule has 1 rings (SSSR count).